The first kappa shape index (κ1) is 11.0. The molecule has 0 aromatic heterocycles. The van der Waals surface area contributed by atoms with E-state index in [0.29, 0.717) is 18.5 Å². The van der Waals surface area contributed by atoms with Crippen molar-refractivity contribution in [1.82, 2.24) is 5.32 Å². The summed E-state index contributed by atoms with van der Waals surface area (Å²) in [5.74, 6) is -2.66. The van der Waals surface area contributed by atoms with Gasteiger partial charge in [0.1, 0.15) is 11.6 Å². The lowest BCUT2D eigenvalue weighted by molar-refractivity contribution is -0.141. The van der Waals surface area contributed by atoms with Gasteiger partial charge < -0.3 is 10.4 Å². The number of carboxylic acids is 1. The zero-order chi connectivity index (χ0) is 11.7. The summed E-state index contributed by atoms with van der Waals surface area (Å²) in [6, 6.07) is 2.97. The van der Waals surface area contributed by atoms with Gasteiger partial charge in [-0.1, -0.05) is 0 Å². The predicted octanol–water partition coefficient (Wildman–Crippen LogP) is 1.70. The van der Waals surface area contributed by atoms with E-state index in [1.165, 1.54) is 12.1 Å². The molecule has 1 aliphatic heterocycles. The Hall–Kier alpha value is -1.49. The van der Waals surface area contributed by atoms with Crippen molar-refractivity contribution < 1.29 is 18.7 Å². The molecule has 3 nitrogen and oxygen atoms in total. The first-order valence-electron chi connectivity index (χ1n) is 4.98. The Kier molecular flexibility index (Phi) is 2.87. The molecule has 86 valence electrons. The molecule has 0 spiro atoms. The fourth-order valence-electron chi connectivity index (χ4n) is 1.95. The van der Waals surface area contributed by atoms with Crippen LogP contribution in [-0.2, 0) is 4.79 Å². The standard InChI is InChI=1S/C11H11F2NO2/c12-8-1-6(2-9(13)4-8)10-3-7(5-14-10)11(15)16/h1-2,4,7,10,14H,3,5H2,(H,15,16). The molecule has 1 fully saturated rings. The first-order valence-corrected chi connectivity index (χ1v) is 4.98. The lowest BCUT2D eigenvalue weighted by Gasteiger charge is -2.10. The average Bonchev–Trinajstić information content (AvgIpc) is 2.64. The number of carboxylic acid groups (broad SMARTS) is 1. The number of nitrogens with one attached hydrogen (secondary N) is 1. The third-order valence-corrected chi connectivity index (χ3v) is 2.77. The molecule has 5 heteroatoms. The molecule has 2 rings (SSSR count). The third-order valence-electron chi connectivity index (χ3n) is 2.77. The van der Waals surface area contributed by atoms with Gasteiger partial charge in [-0.15, -0.1) is 0 Å². The minimum Gasteiger partial charge on any atom is -0.481 e. The number of hydrogen-bond donors (Lipinski definition) is 2. The van der Waals surface area contributed by atoms with Crippen LogP contribution in [0.4, 0.5) is 8.78 Å². The average molecular weight is 227 g/mol. The lowest BCUT2D eigenvalue weighted by atomic mass is 10.00. The summed E-state index contributed by atoms with van der Waals surface area (Å²) in [4.78, 5) is 10.7. The number of hydrogen-bond acceptors (Lipinski definition) is 2. The monoisotopic (exact) mass is 227 g/mol. The van der Waals surface area contributed by atoms with Crippen LogP contribution in [0.2, 0.25) is 0 Å². The van der Waals surface area contributed by atoms with Gasteiger partial charge in [-0.2, -0.15) is 0 Å². The normalized spacial score (nSPS) is 24.6. The fraction of sp³-hybridized carbons (Fsp3) is 0.364. The molecule has 2 atom stereocenters. The molecule has 0 saturated carbocycles. The van der Waals surface area contributed by atoms with E-state index in [1.807, 2.05) is 0 Å². The Balaban J connectivity index is 2.17. The predicted molar refractivity (Wildman–Crippen MR) is 52.8 cm³/mol. The Bertz CT molecular complexity index is 402. The molecule has 0 amide bonds. The number of halogens is 2. The van der Waals surface area contributed by atoms with E-state index in [0.717, 1.165) is 6.07 Å². The van der Waals surface area contributed by atoms with Gasteiger partial charge in [0.25, 0.3) is 0 Å². The molecule has 1 aliphatic rings. The van der Waals surface area contributed by atoms with Crippen LogP contribution in [0.5, 0.6) is 0 Å². The maximum atomic E-state index is 13.0. The van der Waals surface area contributed by atoms with Crippen molar-refractivity contribution in [3.63, 3.8) is 0 Å². The van der Waals surface area contributed by atoms with Crippen LogP contribution in [0.25, 0.3) is 0 Å². The van der Waals surface area contributed by atoms with E-state index < -0.39 is 23.5 Å². The molecule has 1 aromatic carbocycles. The molecular formula is C11H11F2NO2. The maximum Gasteiger partial charge on any atom is 0.307 e. The van der Waals surface area contributed by atoms with Crippen molar-refractivity contribution in [3.8, 4) is 0 Å². The molecule has 16 heavy (non-hydrogen) atoms. The van der Waals surface area contributed by atoms with E-state index >= 15 is 0 Å². The Labute approximate surface area is 91.1 Å². The second kappa shape index (κ2) is 4.17. The molecule has 0 aliphatic carbocycles. The Morgan fingerprint density at radius 3 is 2.44 bits per heavy atom. The third kappa shape index (κ3) is 2.19. The van der Waals surface area contributed by atoms with Gasteiger partial charge in [0, 0.05) is 18.7 Å². The number of benzene rings is 1. The number of rotatable bonds is 2. The van der Waals surface area contributed by atoms with E-state index in [1.54, 1.807) is 0 Å². The SMILES string of the molecule is O=C(O)C1CNC(c2cc(F)cc(F)c2)C1. The molecular weight excluding hydrogens is 216 g/mol. The van der Waals surface area contributed by atoms with Crippen LogP contribution in [-0.4, -0.2) is 17.6 Å². The molecule has 1 saturated heterocycles. The molecule has 0 bridgehead atoms. The zero-order valence-electron chi connectivity index (χ0n) is 8.41. The molecule has 2 N–H and O–H groups in total. The highest BCUT2D eigenvalue weighted by Gasteiger charge is 2.30. The Morgan fingerprint density at radius 1 is 1.31 bits per heavy atom. The van der Waals surface area contributed by atoms with Gasteiger partial charge in [-0.3, -0.25) is 4.79 Å². The van der Waals surface area contributed by atoms with Crippen LogP contribution < -0.4 is 5.32 Å². The maximum absolute atomic E-state index is 13.0. The summed E-state index contributed by atoms with van der Waals surface area (Å²) >= 11 is 0. The summed E-state index contributed by atoms with van der Waals surface area (Å²) in [6.45, 7) is 0.331. The Morgan fingerprint density at radius 2 is 1.94 bits per heavy atom. The van der Waals surface area contributed by atoms with Crippen molar-refractivity contribution in [3.05, 3.63) is 35.4 Å². The highest BCUT2D eigenvalue weighted by Crippen LogP contribution is 2.28. The lowest BCUT2D eigenvalue weighted by Crippen LogP contribution is -2.17. The van der Waals surface area contributed by atoms with Crippen LogP contribution in [0.1, 0.15) is 18.0 Å². The van der Waals surface area contributed by atoms with Gasteiger partial charge in [0.2, 0.25) is 0 Å². The summed E-state index contributed by atoms with van der Waals surface area (Å²) in [6.07, 6.45) is 0.359. The molecule has 0 radical (unpaired) electrons. The van der Waals surface area contributed by atoms with Crippen LogP contribution in [0, 0.1) is 17.6 Å². The highest BCUT2D eigenvalue weighted by molar-refractivity contribution is 5.70. The topological polar surface area (TPSA) is 49.3 Å². The van der Waals surface area contributed by atoms with Gasteiger partial charge in [-0.25, -0.2) is 8.78 Å². The first-order chi connectivity index (χ1) is 7.56. The van der Waals surface area contributed by atoms with Crippen LogP contribution in [0.3, 0.4) is 0 Å². The fourth-order valence-corrected chi connectivity index (χ4v) is 1.95. The quantitative estimate of drug-likeness (QED) is 0.808. The largest absolute Gasteiger partial charge is 0.481 e. The summed E-state index contributed by atoms with van der Waals surface area (Å²) < 4.78 is 25.9. The second-order valence-corrected chi connectivity index (χ2v) is 3.93. The summed E-state index contributed by atoms with van der Waals surface area (Å²) in [7, 11) is 0. The summed E-state index contributed by atoms with van der Waals surface area (Å²) in [5.41, 5.74) is 0.459. The van der Waals surface area contributed by atoms with Gasteiger partial charge in [0.05, 0.1) is 5.92 Å². The van der Waals surface area contributed by atoms with E-state index in [-0.39, 0.29) is 6.04 Å². The summed E-state index contributed by atoms with van der Waals surface area (Å²) in [5, 5.41) is 11.7. The van der Waals surface area contributed by atoms with Gasteiger partial charge in [-0.05, 0) is 24.1 Å². The van der Waals surface area contributed by atoms with Crippen LogP contribution in [0.15, 0.2) is 18.2 Å². The molecule has 1 aromatic rings. The van der Waals surface area contributed by atoms with Gasteiger partial charge in [0.15, 0.2) is 0 Å². The van der Waals surface area contributed by atoms with E-state index in [2.05, 4.69) is 5.32 Å². The minimum atomic E-state index is -0.883. The van der Waals surface area contributed by atoms with Crippen molar-refractivity contribution in [2.75, 3.05) is 6.54 Å². The van der Waals surface area contributed by atoms with E-state index in [9.17, 15) is 13.6 Å². The highest BCUT2D eigenvalue weighted by atomic mass is 19.1. The number of carbonyl (C=O) groups is 1. The second-order valence-electron chi connectivity index (χ2n) is 3.93. The minimum absolute atomic E-state index is 0.286. The molecule has 1 heterocycles. The van der Waals surface area contributed by atoms with Gasteiger partial charge >= 0.3 is 5.97 Å². The smallest absolute Gasteiger partial charge is 0.307 e. The van der Waals surface area contributed by atoms with Crippen molar-refractivity contribution >= 4 is 5.97 Å². The van der Waals surface area contributed by atoms with Crippen molar-refractivity contribution in [1.29, 1.82) is 0 Å². The van der Waals surface area contributed by atoms with E-state index in [4.69, 9.17) is 5.11 Å². The van der Waals surface area contributed by atoms with Crippen molar-refractivity contribution in [2.45, 2.75) is 12.5 Å². The van der Waals surface area contributed by atoms with Crippen molar-refractivity contribution in [2.24, 2.45) is 5.92 Å². The number of aliphatic carboxylic acids is 1. The van der Waals surface area contributed by atoms with Crippen LogP contribution >= 0.6 is 0 Å². The molecule has 2 unspecified atom stereocenters. The zero-order valence-corrected chi connectivity index (χ0v) is 8.41.